The Morgan fingerprint density at radius 2 is 1.67 bits per heavy atom. The van der Waals surface area contributed by atoms with Crippen LogP contribution in [0.4, 0.5) is 0 Å². The van der Waals surface area contributed by atoms with Crippen molar-refractivity contribution in [1.82, 2.24) is 0 Å². The highest BCUT2D eigenvalue weighted by Crippen LogP contribution is 3.02. The fraction of sp³-hybridized carbons (Fsp3) is 0.857. The number of esters is 2. The van der Waals surface area contributed by atoms with Gasteiger partial charge in [-0.15, -0.1) is 0 Å². The molecule has 0 aliphatic heterocycles. The van der Waals surface area contributed by atoms with Gasteiger partial charge in [0, 0.05) is 0 Å². The molecule has 6 aliphatic carbocycles. The van der Waals surface area contributed by atoms with Gasteiger partial charge in [-0.25, -0.2) is 0 Å². The summed E-state index contributed by atoms with van der Waals surface area (Å²) in [6, 6.07) is 0. The molecule has 6 fully saturated rings. The van der Waals surface area contributed by atoms with E-state index in [9.17, 15) is 9.59 Å². The molecule has 18 heavy (non-hydrogen) atoms. The SMILES string of the molecule is COC(=O)[C@]12[C@@H]3[C@@H]4CC[C@H]5[C@H]3[C@H]1[C@@]5(C(=O)OC)[C@@H]42. The first-order valence-corrected chi connectivity index (χ1v) is 6.85. The Labute approximate surface area is 105 Å². The summed E-state index contributed by atoms with van der Waals surface area (Å²) in [6.07, 6.45) is 2.35. The molecule has 0 heterocycles. The molecule has 0 aromatic rings. The maximum Gasteiger partial charge on any atom is 0.312 e. The first-order chi connectivity index (χ1) is 8.68. The van der Waals surface area contributed by atoms with E-state index in [2.05, 4.69) is 0 Å². The van der Waals surface area contributed by atoms with Gasteiger partial charge < -0.3 is 9.47 Å². The minimum atomic E-state index is -0.286. The van der Waals surface area contributed by atoms with Crippen LogP contribution in [0.25, 0.3) is 0 Å². The van der Waals surface area contributed by atoms with Gasteiger partial charge in [-0.3, -0.25) is 9.59 Å². The fourth-order valence-corrected chi connectivity index (χ4v) is 7.42. The average Bonchev–Trinajstić information content (AvgIpc) is 2.36. The molecule has 2 bridgehead atoms. The van der Waals surface area contributed by atoms with E-state index in [1.54, 1.807) is 0 Å². The Balaban J connectivity index is 1.64. The summed E-state index contributed by atoms with van der Waals surface area (Å²) in [7, 11) is 2.95. The summed E-state index contributed by atoms with van der Waals surface area (Å²) in [5.74, 6) is 2.61. The van der Waals surface area contributed by atoms with Gasteiger partial charge >= 0.3 is 11.9 Å². The first-order valence-electron chi connectivity index (χ1n) is 6.85. The average molecular weight is 248 g/mol. The first kappa shape index (κ1) is 9.82. The quantitative estimate of drug-likeness (QED) is 0.680. The van der Waals surface area contributed by atoms with Crippen molar-refractivity contribution in [1.29, 1.82) is 0 Å². The molecule has 0 amide bonds. The number of hydrogen-bond donors (Lipinski definition) is 0. The third-order valence-corrected chi connectivity index (χ3v) is 7.27. The lowest BCUT2D eigenvalue weighted by atomic mass is 9.01. The normalized spacial score (nSPS) is 63.4. The number of ether oxygens (including phenoxy) is 2. The third-order valence-electron chi connectivity index (χ3n) is 7.27. The van der Waals surface area contributed by atoms with Gasteiger partial charge in [-0.2, -0.15) is 0 Å². The molecule has 0 radical (unpaired) electrons. The highest BCUT2D eigenvalue weighted by Gasteiger charge is 3.05. The molecule has 4 nitrogen and oxygen atoms in total. The van der Waals surface area contributed by atoms with Crippen LogP contribution in [-0.4, -0.2) is 26.2 Å². The molecule has 8 atom stereocenters. The van der Waals surface area contributed by atoms with E-state index in [1.807, 2.05) is 0 Å². The molecule has 0 spiro atoms. The summed E-state index contributed by atoms with van der Waals surface area (Å²) in [5.41, 5.74) is -0.555. The Morgan fingerprint density at radius 1 is 1.00 bits per heavy atom. The summed E-state index contributed by atoms with van der Waals surface area (Å²) >= 11 is 0. The zero-order chi connectivity index (χ0) is 12.4. The van der Waals surface area contributed by atoms with Crippen LogP contribution in [0.3, 0.4) is 0 Å². The number of rotatable bonds is 2. The number of carbonyl (C=O) groups is 2. The van der Waals surface area contributed by atoms with Crippen LogP contribution in [0.5, 0.6) is 0 Å². The molecule has 4 heteroatoms. The largest absolute Gasteiger partial charge is 0.469 e. The highest BCUT2D eigenvalue weighted by molar-refractivity contribution is 5.95. The van der Waals surface area contributed by atoms with Crippen LogP contribution in [0.1, 0.15) is 12.8 Å². The number of carbonyl (C=O) groups excluding carboxylic acids is 2. The summed E-state index contributed by atoms with van der Waals surface area (Å²) in [4.78, 5) is 24.4. The van der Waals surface area contributed by atoms with Crippen molar-refractivity contribution in [2.75, 3.05) is 14.2 Å². The van der Waals surface area contributed by atoms with E-state index in [4.69, 9.17) is 9.47 Å². The van der Waals surface area contributed by atoms with Crippen LogP contribution in [-0.2, 0) is 19.1 Å². The smallest absolute Gasteiger partial charge is 0.312 e. The Bertz CT molecular complexity index is 510. The molecule has 6 rings (SSSR count). The van der Waals surface area contributed by atoms with E-state index in [1.165, 1.54) is 20.6 Å². The third kappa shape index (κ3) is 0.503. The van der Waals surface area contributed by atoms with Gasteiger partial charge in [0.2, 0.25) is 0 Å². The van der Waals surface area contributed by atoms with Crippen LogP contribution >= 0.6 is 0 Å². The molecule has 6 saturated carbocycles. The van der Waals surface area contributed by atoms with Crippen molar-refractivity contribution < 1.29 is 19.1 Å². The second kappa shape index (κ2) is 2.35. The van der Waals surface area contributed by atoms with Gasteiger partial charge in [0.05, 0.1) is 25.0 Å². The lowest BCUT2D eigenvalue weighted by molar-refractivity contribution is -0.532. The van der Waals surface area contributed by atoms with Crippen molar-refractivity contribution in [3.05, 3.63) is 0 Å². The fourth-order valence-electron chi connectivity index (χ4n) is 7.42. The van der Waals surface area contributed by atoms with E-state index >= 15 is 0 Å². The van der Waals surface area contributed by atoms with Gasteiger partial charge in [-0.1, -0.05) is 0 Å². The standard InChI is InChI=1S/C14H16O4/c1-17-11(15)13-6-4-3-5-8-7(6)10(13)14(8,9(5)13)12(16)18-2/h5-10H,3-4H2,1-2H3/t5-,6-,7+,8+,9+,10-,13-,14-/m0/s1. The topological polar surface area (TPSA) is 52.6 Å². The van der Waals surface area contributed by atoms with Crippen LogP contribution in [0.2, 0.25) is 0 Å². The van der Waals surface area contributed by atoms with Crippen LogP contribution in [0.15, 0.2) is 0 Å². The summed E-state index contributed by atoms with van der Waals surface area (Å²) in [6.45, 7) is 0. The van der Waals surface area contributed by atoms with Crippen molar-refractivity contribution in [2.24, 2.45) is 46.3 Å². The minimum Gasteiger partial charge on any atom is -0.469 e. The van der Waals surface area contributed by atoms with Crippen LogP contribution in [0, 0.1) is 46.3 Å². The Kier molecular flexibility index (Phi) is 1.28. The minimum absolute atomic E-state index is 0.0545. The second-order valence-electron chi connectivity index (χ2n) is 6.76. The molecule has 0 N–H and O–H groups in total. The number of hydrogen-bond acceptors (Lipinski definition) is 4. The van der Waals surface area contributed by atoms with E-state index in [-0.39, 0.29) is 34.6 Å². The van der Waals surface area contributed by atoms with Crippen molar-refractivity contribution >= 4 is 11.9 Å². The lowest BCUT2D eigenvalue weighted by Gasteiger charge is -2.99. The summed E-state index contributed by atoms with van der Waals surface area (Å²) < 4.78 is 10.1. The van der Waals surface area contributed by atoms with Gasteiger partial charge in [-0.05, 0) is 48.3 Å². The molecule has 96 valence electrons. The molecule has 0 aromatic carbocycles. The van der Waals surface area contributed by atoms with E-state index in [0.717, 1.165) is 6.42 Å². The summed E-state index contributed by atoms with van der Waals surface area (Å²) in [5, 5.41) is 0. The zero-order valence-electron chi connectivity index (χ0n) is 10.5. The molecular weight excluding hydrogens is 232 g/mol. The van der Waals surface area contributed by atoms with E-state index in [0.29, 0.717) is 23.7 Å². The second-order valence-corrected chi connectivity index (χ2v) is 6.76. The van der Waals surface area contributed by atoms with E-state index < -0.39 is 0 Å². The van der Waals surface area contributed by atoms with Crippen molar-refractivity contribution in [3.63, 3.8) is 0 Å². The molecule has 0 saturated heterocycles. The Morgan fingerprint density at radius 3 is 2.28 bits per heavy atom. The highest BCUT2D eigenvalue weighted by atomic mass is 16.5. The van der Waals surface area contributed by atoms with Crippen molar-refractivity contribution in [3.8, 4) is 0 Å². The predicted molar refractivity (Wildman–Crippen MR) is 59.1 cm³/mol. The Hall–Kier alpha value is -1.06. The number of fused-ring (bicyclic) bond motifs is 1. The predicted octanol–water partition coefficient (Wildman–Crippen LogP) is 0.851. The van der Waals surface area contributed by atoms with Gasteiger partial charge in [0.25, 0.3) is 0 Å². The lowest BCUT2D eigenvalue weighted by Crippen LogP contribution is -3.02. The molecule has 0 unspecified atom stereocenters. The van der Waals surface area contributed by atoms with Crippen molar-refractivity contribution in [2.45, 2.75) is 12.8 Å². The number of methoxy groups -OCH3 is 2. The van der Waals surface area contributed by atoms with Crippen LogP contribution < -0.4 is 0 Å². The maximum atomic E-state index is 12.2. The molecular formula is C14H16O4. The zero-order valence-corrected chi connectivity index (χ0v) is 10.5. The molecule has 6 aliphatic rings. The maximum absolute atomic E-state index is 12.2. The van der Waals surface area contributed by atoms with Gasteiger partial charge in [0.1, 0.15) is 0 Å². The molecule has 0 aromatic heterocycles. The monoisotopic (exact) mass is 248 g/mol. The van der Waals surface area contributed by atoms with Gasteiger partial charge in [0.15, 0.2) is 0 Å².